The number of aliphatic hydroxyl groups excluding tert-OH is 1. The predicted octanol–water partition coefficient (Wildman–Crippen LogP) is 2.48. The summed E-state index contributed by atoms with van der Waals surface area (Å²) >= 11 is 5.70. The highest BCUT2D eigenvalue weighted by Crippen LogP contribution is 2.26. The molecule has 0 atom stereocenters. The number of carboxylic acid groups (broad SMARTS) is 1. The lowest BCUT2D eigenvalue weighted by molar-refractivity contribution is -0.135. The van der Waals surface area contributed by atoms with Gasteiger partial charge in [-0.15, -0.1) is 0 Å². The van der Waals surface area contributed by atoms with Crippen LogP contribution < -0.4 is 0 Å². The normalized spacial score (nSPS) is 12.1. The highest BCUT2D eigenvalue weighted by Gasteiger charge is 2.27. The molecule has 2 aromatic rings. The van der Waals surface area contributed by atoms with Crippen LogP contribution in [0.1, 0.15) is 10.6 Å². The number of ketones is 1. The number of hydrogen-bond donors (Lipinski definition) is 2. The third kappa shape index (κ3) is 3.43. The van der Waals surface area contributed by atoms with Crippen LogP contribution in [0.2, 0.25) is 5.02 Å². The van der Waals surface area contributed by atoms with E-state index in [9.17, 15) is 18.0 Å². The summed E-state index contributed by atoms with van der Waals surface area (Å²) in [6, 6.07) is 6.30. The molecule has 1 aromatic heterocycles. The molecule has 0 aliphatic rings. The van der Waals surface area contributed by atoms with Crippen LogP contribution in [0.5, 0.6) is 0 Å². The lowest BCUT2D eigenvalue weighted by Crippen LogP contribution is -2.08. The quantitative estimate of drug-likeness (QED) is 0.479. The number of hydrogen-bond acceptors (Lipinski definition) is 6. The molecule has 0 radical (unpaired) electrons. The van der Waals surface area contributed by atoms with Crippen molar-refractivity contribution in [2.75, 3.05) is 0 Å². The van der Waals surface area contributed by atoms with Crippen molar-refractivity contribution in [1.29, 1.82) is 0 Å². The molecule has 120 valence electrons. The Morgan fingerprint density at radius 2 is 1.70 bits per heavy atom. The molecule has 0 saturated heterocycles. The first-order valence-corrected chi connectivity index (χ1v) is 7.86. The monoisotopic (exact) mass is 356 g/mol. The van der Waals surface area contributed by atoms with Gasteiger partial charge in [0, 0.05) is 11.1 Å². The Morgan fingerprint density at radius 3 is 2.26 bits per heavy atom. The van der Waals surface area contributed by atoms with E-state index in [1.807, 2.05) is 0 Å². The van der Waals surface area contributed by atoms with Gasteiger partial charge in [0.25, 0.3) is 0 Å². The number of carbonyl (C=O) groups excluding carboxylic acids is 1. The minimum absolute atomic E-state index is 0.121. The van der Waals surface area contributed by atoms with Gasteiger partial charge in [0.05, 0.1) is 11.2 Å². The highest BCUT2D eigenvalue weighted by atomic mass is 35.5. The molecule has 9 heteroatoms. The maximum Gasteiger partial charge on any atom is 0.371 e. The molecule has 0 unspecified atom stereocenters. The molecule has 0 bridgehead atoms. The van der Waals surface area contributed by atoms with Gasteiger partial charge in [-0.2, -0.15) is 0 Å². The molecule has 0 saturated carbocycles. The van der Waals surface area contributed by atoms with Crippen LogP contribution in [0.4, 0.5) is 0 Å². The number of sulfone groups is 1. The fraction of sp³-hybridized carbons (Fsp3) is 0. The summed E-state index contributed by atoms with van der Waals surface area (Å²) in [6.45, 7) is 0. The predicted molar refractivity (Wildman–Crippen MR) is 78.3 cm³/mol. The number of carbonyl (C=O) groups is 2. The number of aliphatic hydroxyl groups is 1. The zero-order valence-corrected chi connectivity index (χ0v) is 12.8. The maximum atomic E-state index is 12.5. The maximum absolute atomic E-state index is 12.5. The summed E-state index contributed by atoms with van der Waals surface area (Å²) < 4.78 is 29.8. The Bertz CT molecular complexity index is 891. The van der Waals surface area contributed by atoms with Gasteiger partial charge in [0.15, 0.2) is 5.76 Å². The first kappa shape index (κ1) is 16.8. The standard InChI is InChI=1S/C14H9ClO7S/c15-8-1-3-9(4-2-8)23(20,21)12-5-6-22-13(12)10(16)7-11(17)14(18)19/h1-7,17H,(H,18,19)/b11-7-. The van der Waals surface area contributed by atoms with Crippen molar-refractivity contribution >= 4 is 33.2 Å². The van der Waals surface area contributed by atoms with Gasteiger partial charge >= 0.3 is 5.97 Å². The van der Waals surface area contributed by atoms with Crippen molar-refractivity contribution in [2.45, 2.75) is 9.79 Å². The molecule has 2 N–H and O–H groups in total. The van der Waals surface area contributed by atoms with Crippen molar-refractivity contribution in [3.05, 3.63) is 59.2 Å². The summed E-state index contributed by atoms with van der Waals surface area (Å²) in [4.78, 5) is 21.8. The Kier molecular flexibility index (Phi) is 4.57. The summed E-state index contributed by atoms with van der Waals surface area (Å²) in [5, 5.41) is 17.9. The number of halogens is 1. The molecule has 0 fully saturated rings. The molecule has 0 amide bonds. The van der Waals surface area contributed by atoms with Crippen molar-refractivity contribution in [1.82, 2.24) is 0 Å². The van der Waals surface area contributed by atoms with Crippen molar-refractivity contribution in [3.8, 4) is 0 Å². The molecule has 1 heterocycles. The Hall–Kier alpha value is -2.58. The summed E-state index contributed by atoms with van der Waals surface area (Å²) in [7, 11) is -4.08. The van der Waals surface area contributed by atoms with Gasteiger partial charge in [-0.05, 0) is 30.3 Å². The number of rotatable bonds is 5. The number of furan rings is 1. The molecule has 23 heavy (non-hydrogen) atoms. The van der Waals surface area contributed by atoms with Crippen LogP contribution in [0.3, 0.4) is 0 Å². The summed E-state index contributed by atoms with van der Waals surface area (Å²) in [6.07, 6.45) is 1.34. The van der Waals surface area contributed by atoms with E-state index < -0.39 is 38.0 Å². The van der Waals surface area contributed by atoms with E-state index in [-0.39, 0.29) is 4.90 Å². The van der Waals surface area contributed by atoms with Gasteiger partial charge < -0.3 is 14.6 Å². The van der Waals surface area contributed by atoms with Crippen LogP contribution in [0.15, 0.2) is 62.6 Å². The second kappa shape index (κ2) is 6.27. The second-order valence-corrected chi connectivity index (χ2v) is 6.62. The number of carboxylic acids is 1. The first-order valence-electron chi connectivity index (χ1n) is 6.00. The Labute approximate surface area is 135 Å². The SMILES string of the molecule is O=C(O)/C(O)=C/C(=O)c1occc1S(=O)(=O)c1ccc(Cl)cc1. The third-order valence-electron chi connectivity index (χ3n) is 2.75. The van der Waals surface area contributed by atoms with E-state index in [4.69, 9.17) is 26.2 Å². The molecule has 7 nitrogen and oxygen atoms in total. The first-order chi connectivity index (χ1) is 10.7. The van der Waals surface area contributed by atoms with Crippen LogP contribution in [-0.2, 0) is 14.6 Å². The van der Waals surface area contributed by atoms with E-state index in [1.165, 1.54) is 24.3 Å². The van der Waals surface area contributed by atoms with Crippen LogP contribution in [0.25, 0.3) is 0 Å². The van der Waals surface area contributed by atoms with Crippen molar-refractivity contribution in [2.24, 2.45) is 0 Å². The van der Waals surface area contributed by atoms with E-state index >= 15 is 0 Å². The van der Waals surface area contributed by atoms with Crippen molar-refractivity contribution in [3.63, 3.8) is 0 Å². The minimum Gasteiger partial charge on any atom is -0.502 e. The topological polar surface area (TPSA) is 122 Å². The highest BCUT2D eigenvalue weighted by molar-refractivity contribution is 7.91. The summed E-state index contributed by atoms with van der Waals surface area (Å²) in [5.41, 5.74) is 0. The van der Waals surface area contributed by atoms with E-state index in [0.717, 1.165) is 12.3 Å². The number of allylic oxidation sites excluding steroid dienone is 1. The van der Waals surface area contributed by atoms with Gasteiger partial charge in [-0.1, -0.05) is 11.6 Å². The van der Waals surface area contributed by atoms with Gasteiger partial charge in [-0.3, -0.25) is 4.79 Å². The molecular weight excluding hydrogens is 348 g/mol. The zero-order chi connectivity index (χ0) is 17.2. The average Bonchev–Trinajstić information content (AvgIpc) is 2.97. The van der Waals surface area contributed by atoms with E-state index in [1.54, 1.807) is 0 Å². The lowest BCUT2D eigenvalue weighted by atomic mass is 10.2. The lowest BCUT2D eigenvalue weighted by Gasteiger charge is -2.03. The van der Waals surface area contributed by atoms with Crippen LogP contribution in [-0.4, -0.2) is 30.4 Å². The average molecular weight is 357 g/mol. The van der Waals surface area contributed by atoms with Gasteiger partial charge in [0.2, 0.25) is 21.4 Å². The molecule has 2 rings (SSSR count). The molecule has 1 aromatic carbocycles. The van der Waals surface area contributed by atoms with Gasteiger partial charge in [-0.25, -0.2) is 13.2 Å². The van der Waals surface area contributed by atoms with Gasteiger partial charge in [0.1, 0.15) is 4.90 Å². The number of benzene rings is 1. The molecule has 0 aliphatic heterocycles. The zero-order valence-electron chi connectivity index (χ0n) is 11.3. The van der Waals surface area contributed by atoms with Crippen molar-refractivity contribution < 1.29 is 32.6 Å². The van der Waals surface area contributed by atoms with Crippen LogP contribution >= 0.6 is 11.6 Å². The minimum atomic E-state index is -4.08. The fourth-order valence-corrected chi connectivity index (χ4v) is 3.18. The second-order valence-electron chi connectivity index (χ2n) is 4.27. The number of aliphatic carboxylic acids is 1. The third-order valence-corrected chi connectivity index (χ3v) is 4.80. The Balaban J connectivity index is 2.49. The molecular formula is C14H9ClO7S. The van der Waals surface area contributed by atoms with Crippen LogP contribution in [0, 0.1) is 0 Å². The molecule has 0 aliphatic carbocycles. The van der Waals surface area contributed by atoms with E-state index in [2.05, 4.69) is 0 Å². The molecule has 0 spiro atoms. The fourth-order valence-electron chi connectivity index (χ4n) is 1.68. The largest absolute Gasteiger partial charge is 0.502 e. The summed E-state index contributed by atoms with van der Waals surface area (Å²) in [5.74, 6) is -4.66. The smallest absolute Gasteiger partial charge is 0.371 e. The van der Waals surface area contributed by atoms with E-state index in [0.29, 0.717) is 11.1 Å². The Morgan fingerprint density at radius 1 is 1.09 bits per heavy atom.